The Morgan fingerprint density at radius 3 is 2.22 bits per heavy atom. The van der Waals surface area contributed by atoms with E-state index in [1.165, 1.54) is 28.0 Å². The smallest absolute Gasteiger partial charge is 0.403 e. The summed E-state index contributed by atoms with van der Waals surface area (Å²) in [4.78, 5) is 26.9. The molecule has 0 aromatic heterocycles. The van der Waals surface area contributed by atoms with Crippen molar-refractivity contribution in [1.29, 1.82) is 0 Å². The van der Waals surface area contributed by atoms with E-state index in [1.807, 2.05) is 12.1 Å². The summed E-state index contributed by atoms with van der Waals surface area (Å²) in [6, 6.07) is 7.11. The zero-order valence-corrected chi connectivity index (χ0v) is 19.6. The average molecular weight is 433 g/mol. The molecule has 1 saturated heterocycles. The first-order valence-corrected chi connectivity index (χ1v) is 11.9. The second-order valence-electron chi connectivity index (χ2n) is 10.5. The summed E-state index contributed by atoms with van der Waals surface area (Å²) >= 11 is 0. The van der Waals surface area contributed by atoms with Gasteiger partial charge in [0.25, 0.3) is 11.8 Å². The van der Waals surface area contributed by atoms with Crippen LogP contribution in [-0.2, 0) is 9.31 Å². The summed E-state index contributed by atoms with van der Waals surface area (Å²) in [7, 11) is -0.195. The molecule has 1 aromatic carbocycles. The van der Waals surface area contributed by atoms with Crippen LogP contribution in [-0.4, -0.2) is 41.6 Å². The topological polar surface area (TPSA) is 55.8 Å². The number of hydrogen-bond acceptors (Lipinski definition) is 4. The van der Waals surface area contributed by atoms with E-state index < -0.39 is 0 Å². The van der Waals surface area contributed by atoms with Crippen LogP contribution in [0, 0.1) is 5.92 Å². The quantitative estimate of drug-likeness (QED) is 0.458. The van der Waals surface area contributed by atoms with Crippen LogP contribution in [0.5, 0.6) is 0 Å². The molecule has 4 aliphatic rings. The van der Waals surface area contributed by atoms with Crippen LogP contribution in [0.15, 0.2) is 47.1 Å². The zero-order valence-electron chi connectivity index (χ0n) is 19.6. The Labute approximate surface area is 191 Å². The normalized spacial score (nSPS) is 26.0. The highest BCUT2D eigenvalue weighted by atomic mass is 16.7. The number of imide groups is 1. The minimum absolute atomic E-state index is 0.166. The van der Waals surface area contributed by atoms with E-state index in [0.717, 1.165) is 32.0 Å². The third kappa shape index (κ3) is 3.48. The van der Waals surface area contributed by atoms with Gasteiger partial charge in [-0.2, -0.15) is 0 Å². The Kier molecular flexibility index (Phi) is 5.21. The van der Waals surface area contributed by atoms with Crippen molar-refractivity contribution in [2.45, 2.75) is 77.3 Å². The Morgan fingerprint density at radius 1 is 1.03 bits per heavy atom. The second-order valence-corrected chi connectivity index (χ2v) is 10.5. The summed E-state index contributed by atoms with van der Waals surface area (Å²) in [6.45, 7) is 8.83. The van der Waals surface area contributed by atoms with Gasteiger partial charge in [-0.05, 0) is 95.3 Å². The Hall–Kier alpha value is -2.18. The van der Waals surface area contributed by atoms with Crippen molar-refractivity contribution >= 4 is 18.9 Å². The highest BCUT2D eigenvalue weighted by molar-refractivity contribution is 6.45. The lowest BCUT2D eigenvalue weighted by molar-refractivity contribution is 0.00578. The molecule has 0 radical (unpaired) electrons. The number of fused-ring (bicyclic) bond motifs is 1. The summed E-state index contributed by atoms with van der Waals surface area (Å²) in [6.07, 6.45) is 8.41. The molecule has 1 atom stereocenters. The molecule has 0 bridgehead atoms. The van der Waals surface area contributed by atoms with Crippen LogP contribution in [0.3, 0.4) is 0 Å². The summed E-state index contributed by atoms with van der Waals surface area (Å²) < 4.78 is 12.5. The van der Waals surface area contributed by atoms with Gasteiger partial charge in [0, 0.05) is 6.54 Å². The van der Waals surface area contributed by atoms with E-state index in [1.54, 1.807) is 12.1 Å². The van der Waals surface area contributed by atoms with Gasteiger partial charge in [0.1, 0.15) is 0 Å². The van der Waals surface area contributed by atoms with Gasteiger partial charge in [0.05, 0.1) is 22.3 Å². The van der Waals surface area contributed by atoms with Crippen molar-refractivity contribution < 1.29 is 18.9 Å². The van der Waals surface area contributed by atoms with E-state index in [9.17, 15) is 9.59 Å². The van der Waals surface area contributed by atoms with E-state index in [0.29, 0.717) is 23.6 Å². The van der Waals surface area contributed by atoms with Gasteiger partial charge in [0.15, 0.2) is 0 Å². The lowest BCUT2D eigenvalue weighted by atomic mass is 9.63. The van der Waals surface area contributed by atoms with Crippen LogP contribution in [0.1, 0.15) is 80.5 Å². The van der Waals surface area contributed by atoms with Crippen molar-refractivity contribution in [3.05, 3.63) is 58.2 Å². The molecular formula is C26H32BNO4. The van der Waals surface area contributed by atoms with Gasteiger partial charge in [0.2, 0.25) is 0 Å². The maximum atomic E-state index is 12.7. The molecule has 168 valence electrons. The fraction of sp³-hybridized carbons (Fsp3) is 0.538. The van der Waals surface area contributed by atoms with Crippen molar-refractivity contribution in [3.8, 4) is 0 Å². The average Bonchev–Trinajstić information content (AvgIpc) is 3.37. The van der Waals surface area contributed by atoms with Gasteiger partial charge < -0.3 is 9.31 Å². The zero-order chi connectivity index (χ0) is 22.7. The highest BCUT2D eigenvalue weighted by Crippen LogP contribution is 2.49. The molecule has 0 spiro atoms. The van der Waals surface area contributed by atoms with Crippen LogP contribution in [0.4, 0.5) is 0 Å². The van der Waals surface area contributed by atoms with E-state index in [4.69, 9.17) is 9.31 Å². The second kappa shape index (κ2) is 7.70. The first-order chi connectivity index (χ1) is 15.2. The van der Waals surface area contributed by atoms with Gasteiger partial charge in [-0.25, -0.2) is 0 Å². The molecule has 2 aliphatic carbocycles. The number of carbonyl (C=O) groups excluding carboxylic acids is 2. The van der Waals surface area contributed by atoms with Crippen molar-refractivity contribution in [1.82, 2.24) is 4.90 Å². The van der Waals surface area contributed by atoms with E-state index in [-0.39, 0.29) is 30.1 Å². The van der Waals surface area contributed by atoms with Gasteiger partial charge in [-0.15, -0.1) is 0 Å². The Morgan fingerprint density at radius 2 is 1.66 bits per heavy atom. The van der Waals surface area contributed by atoms with Crippen molar-refractivity contribution in [2.24, 2.45) is 5.92 Å². The first-order valence-electron chi connectivity index (χ1n) is 11.9. The number of amides is 2. The van der Waals surface area contributed by atoms with Crippen LogP contribution in [0.2, 0.25) is 6.32 Å². The lowest BCUT2D eigenvalue weighted by Crippen LogP contribution is -2.41. The van der Waals surface area contributed by atoms with Crippen LogP contribution >= 0.6 is 0 Å². The third-order valence-corrected chi connectivity index (χ3v) is 7.96. The molecular weight excluding hydrogens is 401 g/mol. The number of benzene rings is 1. The van der Waals surface area contributed by atoms with E-state index >= 15 is 0 Å². The minimum Gasteiger partial charge on any atom is -0.403 e. The van der Waals surface area contributed by atoms with E-state index in [2.05, 4.69) is 33.8 Å². The molecule has 1 aromatic rings. The summed E-state index contributed by atoms with van der Waals surface area (Å²) in [5.74, 6) is 0.0908. The summed E-state index contributed by atoms with van der Waals surface area (Å²) in [5.41, 5.74) is 4.70. The van der Waals surface area contributed by atoms with Gasteiger partial charge >= 0.3 is 7.12 Å². The Balaban J connectivity index is 1.29. The molecule has 1 fully saturated rings. The van der Waals surface area contributed by atoms with Crippen molar-refractivity contribution in [3.63, 3.8) is 0 Å². The lowest BCUT2D eigenvalue weighted by Gasteiger charge is -2.36. The fourth-order valence-corrected chi connectivity index (χ4v) is 5.49. The molecule has 5 nitrogen and oxygen atoms in total. The largest absolute Gasteiger partial charge is 0.458 e. The SMILES string of the molecule is CC1(C)OB(CC2CC(CCN3C(=O)c4ccccc4C3=O)=C2C2=CCCC2)OC1(C)C. The standard InChI is InChI=1S/C26H32BNO4/c1-25(2)26(3,4)32-27(31-25)16-19-15-18(22(19)17-9-5-6-10-17)13-14-28-23(29)20-11-7-8-12-21(20)24(28)30/h7-9,11-12,19H,5-6,10,13-16H2,1-4H3. The summed E-state index contributed by atoms with van der Waals surface area (Å²) in [5, 5.41) is 0. The molecule has 5 rings (SSSR count). The van der Waals surface area contributed by atoms with Crippen LogP contribution in [0.25, 0.3) is 0 Å². The monoisotopic (exact) mass is 433 g/mol. The predicted octanol–water partition coefficient (Wildman–Crippen LogP) is 5.19. The van der Waals surface area contributed by atoms with Gasteiger partial charge in [-0.1, -0.05) is 23.8 Å². The number of carbonyl (C=O) groups is 2. The molecule has 2 heterocycles. The number of rotatable bonds is 6. The highest BCUT2D eigenvalue weighted by Gasteiger charge is 2.52. The molecule has 0 N–H and O–H groups in total. The number of allylic oxidation sites excluding steroid dienone is 3. The van der Waals surface area contributed by atoms with Gasteiger partial charge in [-0.3, -0.25) is 14.5 Å². The third-order valence-electron chi connectivity index (χ3n) is 7.96. The molecule has 32 heavy (non-hydrogen) atoms. The molecule has 2 aliphatic heterocycles. The minimum atomic E-state index is -0.313. The number of hydrogen-bond donors (Lipinski definition) is 0. The molecule has 2 amide bonds. The fourth-order valence-electron chi connectivity index (χ4n) is 5.49. The first kappa shape index (κ1) is 21.7. The van der Waals surface area contributed by atoms with Crippen LogP contribution < -0.4 is 0 Å². The predicted molar refractivity (Wildman–Crippen MR) is 124 cm³/mol. The maximum Gasteiger partial charge on any atom is 0.458 e. The maximum absolute atomic E-state index is 12.7. The molecule has 6 heteroatoms. The van der Waals surface area contributed by atoms with Crippen molar-refractivity contribution in [2.75, 3.05) is 6.54 Å². The molecule has 1 unspecified atom stereocenters. The Bertz CT molecular complexity index is 987. The molecule has 0 saturated carbocycles. The number of nitrogens with zero attached hydrogens (tertiary/aromatic N) is 1.